The molecule has 3 aromatic rings. The molecule has 1 unspecified atom stereocenters. The van der Waals surface area contributed by atoms with Gasteiger partial charge in [-0.25, -0.2) is 4.21 Å². The van der Waals surface area contributed by atoms with E-state index >= 15 is 0 Å². The standard InChI is InChI=1S/C23H20F3N3O2S/c24-23(25,26)14-31-18-8-9-19-20(13-27)22(29(17-6-7-17)21(19)12-18)15-2-4-16(5-3-15)28-10-1-11-32(28)30/h2-5,8-9,12,17H,1,6-7,10-11,14H2. The van der Waals surface area contributed by atoms with Gasteiger partial charge in [0.1, 0.15) is 22.8 Å². The summed E-state index contributed by atoms with van der Waals surface area (Å²) in [4.78, 5) is 0. The number of anilines is 1. The summed E-state index contributed by atoms with van der Waals surface area (Å²) in [5, 5.41) is 10.6. The fourth-order valence-electron chi connectivity index (χ4n) is 4.23. The lowest BCUT2D eigenvalue weighted by atomic mass is 10.1. The number of fused-ring (bicyclic) bond motifs is 1. The van der Waals surface area contributed by atoms with E-state index in [1.165, 1.54) is 6.07 Å². The van der Waals surface area contributed by atoms with Gasteiger partial charge in [-0.15, -0.1) is 0 Å². The fraction of sp³-hybridized carbons (Fsp3) is 0.348. The minimum atomic E-state index is -4.42. The zero-order chi connectivity index (χ0) is 22.5. The van der Waals surface area contributed by atoms with Crippen LogP contribution < -0.4 is 9.04 Å². The number of hydrogen-bond acceptors (Lipinski definition) is 3. The van der Waals surface area contributed by atoms with Crippen LogP contribution in [0.5, 0.6) is 5.75 Å². The summed E-state index contributed by atoms with van der Waals surface area (Å²) in [6, 6.07) is 14.9. The third-order valence-electron chi connectivity index (χ3n) is 5.76. The Kier molecular flexibility index (Phi) is 5.13. The first kappa shape index (κ1) is 20.9. The Labute approximate surface area is 185 Å². The number of halogens is 3. The number of nitrogens with zero attached hydrogens (tertiary/aromatic N) is 3. The molecule has 0 spiro atoms. The highest BCUT2D eigenvalue weighted by molar-refractivity contribution is 7.86. The second-order valence-electron chi connectivity index (χ2n) is 8.05. The summed E-state index contributed by atoms with van der Waals surface area (Å²) in [5.41, 5.74) is 3.67. The first-order valence-electron chi connectivity index (χ1n) is 10.4. The van der Waals surface area contributed by atoms with E-state index in [2.05, 4.69) is 10.6 Å². The Balaban J connectivity index is 1.58. The van der Waals surface area contributed by atoms with Crippen molar-refractivity contribution in [3.05, 3.63) is 48.0 Å². The van der Waals surface area contributed by atoms with Gasteiger partial charge in [-0.3, -0.25) is 4.31 Å². The molecule has 1 aliphatic heterocycles. The molecule has 0 radical (unpaired) electrons. The SMILES string of the molecule is N#Cc1c(-c2ccc(N3CCCS3=O)cc2)n(C2CC2)c2cc(OCC(F)(F)F)ccc12. The zero-order valence-electron chi connectivity index (χ0n) is 17.1. The van der Waals surface area contributed by atoms with E-state index in [9.17, 15) is 22.6 Å². The maximum Gasteiger partial charge on any atom is 0.422 e. The molecule has 0 N–H and O–H groups in total. The maximum absolute atomic E-state index is 12.6. The molecule has 1 aliphatic carbocycles. The molecule has 166 valence electrons. The van der Waals surface area contributed by atoms with Crippen molar-refractivity contribution >= 4 is 27.6 Å². The van der Waals surface area contributed by atoms with Gasteiger partial charge in [-0.05, 0) is 49.1 Å². The predicted octanol–water partition coefficient (Wildman–Crippen LogP) is 5.33. The Morgan fingerprint density at radius 2 is 1.91 bits per heavy atom. The molecule has 1 atom stereocenters. The summed E-state index contributed by atoms with van der Waals surface area (Å²) in [7, 11) is -1.01. The molecular weight excluding hydrogens is 439 g/mol. The zero-order valence-corrected chi connectivity index (χ0v) is 17.9. The minimum absolute atomic E-state index is 0.122. The van der Waals surface area contributed by atoms with Crippen molar-refractivity contribution in [2.24, 2.45) is 0 Å². The molecule has 5 nitrogen and oxygen atoms in total. The molecule has 1 aromatic heterocycles. The Morgan fingerprint density at radius 3 is 2.50 bits per heavy atom. The molecule has 1 saturated carbocycles. The first-order valence-corrected chi connectivity index (χ1v) is 11.7. The van der Waals surface area contributed by atoms with Crippen LogP contribution in [0.3, 0.4) is 0 Å². The highest BCUT2D eigenvalue weighted by atomic mass is 32.2. The van der Waals surface area contributed by atoms with Crippen molar-refractivity contribution in [2.45, 2.75) is 31.5 Å². The molecular formula is C23H20F3N3O2S. The third kappa shape index (κ3) is 3.84. The van der Waals surface area contributed by atoms with Gasteiger partial charge in [0.25, 0.3) is 0 Å². The van der Waals surface area contributed by atoms with E-state index in [1.54, 1.807) is 12.1 Å². The Morgan fingerprint density at radius 1 is 1.16 bits per heavy atom. The summed E-state index contributed by atoms with van der Waals surface area (Å²) in [6.45, 7) is -0.613. The van der Waals surface area contributed by atoms with Crippen LogP contribution in [-0.2, 0) is 11.0 Å². The van der Waals surface area contributed by atoms with Gasteiger partial charge in [0.15, 0.2) is 6.61 Å². The molecule has 0 bridgehead atoms. The lowest BCUT2D eigenvalue weighted by molar-refractivity contribution is -0.153. The van der Waals surface area contributed by atoms with Crippen LogP contribution in [0.1, 0.15) is 30.9 Å². The average molecular weight is 459 g/mol. The van der Waals surface area contributed by atoms with Crippen molar-refractivity contribution in [3.8, 4) is 23.1 Å². The molecule has 2 aromatic carbocycles. The van der Waals surface area contributed by atoms with Gasteiger partial charge >= 0.3 is 6.18 Å². The molecule has 9 heteroatoms. The van der Waals surface area contributed by atoms with E-state index in [0.29, 0.717) is 22.2 Å². The quantitative estimate of drug-likeness (QED) is 0.518. The summed E-state index contributed by atoms with van der Waals surface area (Å²) in [6.07, 6.45) is -1.64. The van der Waals surface area contributed by atoms with Gasteiger partial charge in [0, 0.05) is 35.5 Å². The van der Waals surface area contributed by atoms with E-state index in [1.807, 2.05) is 28.6 Å². The van der Waals surface area contributed by atoms with Gasteiger partial charge in [0.05, 0.1) is 16.8 Å². The van der Waals surface area contributed by atoms with Crippen LogP contribution in [-0.4, -0.2) is 33.9 Å². The lowest BCUT2D eigenvalue weighted by Crippen LogP contribution is -2.19. The molecule has 5 rings (SSSR count). The predicted molar refractivity (Wildman–Crippen MR) is 117 cm³/mol. The van der Waals surface area contributed by atoms with Gasteiger partial charge < -0.3 is 9.30 Å². The van der Waals surface area contributed by atoms with Crippen molar-refractivity contribution in [2.75, 3.05) is 23.2 Å². The van der Waals surface area contributed by atoms with Crippen molar-refractivity contribution in [3.63, 3.8) is 0 Å². The highest BCUT2D eigenvalue weighted by Crippen LogP contribution is 2.45. The average Bonchev–Trinajstić information content (AvgIpc) is 3.43. The second kappa shape index (κ2) is 7.85. The molecule has 0 amide bonds. The van der Waals surface area contributed by atoms with Gasteiger partial charge in [0.2, 0.25) is 0 Å². The van der Waals surface area contributed by atoms with Crippen LogP contribution in [0.2, 0.25) is 0 Å². The first-order chi connectivity index (χ1) is 15.4. The van der Waals surface area contributed by atoms with E-state index in [0.717, 1.165) is 42.8 Å². The maximum atomic E-state index is 12.6. The topological polar surface area (TPSA) is 58.3 Å². The summed E-state index contributed by atoms with van der Waals surface area (Å²) in [5.74, 6) is 0.784. The molecule has 1 saturated heterocycles. The van der Waals surface area contributed by atoms with E-state index < -0.39 is 23.8 Å². The van der Waals surface area contributed by atoms with Crippen LogP contribution in [0.25, 0.3) is 22.2 Å². The second-order valence-corrected chi connectivity index (χ2v) is 9.54. The number of ether oxygens (including phenoxy) is 1. The largest absolute Gasteiger partial charge is 0.484 e. The van der Waals surface area contributed by atoms with Crippen molar-refractivity contribution in [1.29, 1.82) is 5.26 Å². The van der Waals surface area contributed by atoms with E-state index in [-0.39, 0.29) is 11.8 Å². The Hall–Kier alpha value is -2.99. The van der Waals surface area contributed by atoms with Crippen LogP contribution in [0.4, 0.5) is 18.9 Å². The van der Waals surface area contributed by atoms with Crippen molar-refractivity contribution < 1.29 is 22.1 Å². The number of aromatic nitrogens is 1. The normalized spacial score (nSPS) is 18.8. The van der Waals surface area contributed by atoms with Gasteiger partial charge in [-0.2, -0.15) is 18.4 Å². The number of hydrogen-bond donors (Lipinski definition) is 0. The molecule has 2 heterocycles. The lowest BCUT2D eigenvalue weighted by Gasteiger charge is -2.17. The molecule has 2 fully saturated rings. The number of rotatable bonds is 5. The van der Waals surface area contributed by atoms with Crippen LogP contribution in [0, 0.1) is 11.3 Å². The van der Waals surface area contributed by atoms with Crippen molar-refractivity contribution in [1.82, 2.24) is 4.57 Å². The Bertz CT molecular complexity index is 1240. The number of benzene rings is 2. The van der Waals surface area contributed by atoms with E-state index in [4.69, 9.17) is 4.74 Å². The smallest absolute Gasteiger partial charge is 0.422 e. The summed E-state index contributed by atoms with van der Waals surface area (Å²) < 4.78 is 58.8. The van der Waals surface area contributed by atoms with Gasteiger partial charge in [-0.1, -0.05) is 12.1 Å². The third-order valence-corrected chi connectivity index (χ3v) is 7.28. The van der Waals surface area contributed by atoms with Crippen LogP contribution in [0.15, 0.2) is 42.5 Å². The number of nitriles is 1. The fourth-order valence-corrected chi connectivity index (χ4v) is 5.52. The number of alkyl halides is 3. The highest BCUT2D eigenvalue weighted by Gasteiger charge is 2.32. The molecule has 32 heavy (non-hydrogen) atoms. The monoisotopic (exact) mass is 459 g/mol. The molecule has 2 aliphatic rings. The van der Waals surface area contributed by atoms with Crippen LogP contribution >= 0.6 is 0 Å². The summed E-state index contributed by atoms with van der Waals surface area (Å²) >= 11 is 0. The minimum Gasteiger partial charge on any atom is -0.484 e.